The number of hydrogen-bond donors (Lipinski definition) is 1. The third-order valence-electron chi connectivity index (χ3n) is 1.72. The summed E-state index contributed by atoms with van der Waals surface area (Å²) in [4.78, 5) is 9.86. The SMILES string of the molecule is CCCCSP(O)(=S)Oc1ccccc1. The Morgan fingerprint density at radius 1 is 1.40 bits per heavy atom. The van der Waals surface area contributed by atoms with Gasteiger partial charge in [0.15, 0.2) is 0 Å². The quantitative estimate of drug-likeness (QED) is 0.623. The molecule has 0 saturated carbocycles. The lowest BCUT2D eigenvalue weighted by Gasteiger charge is -2.15. The summed E-state index contributed by atoms with van der Waals surface area (Å²) < 4.78 is 5.39. The first-order valence-corrected chi connectivity index (χ1v) is 9.12. The van der Waals surface area contributed by atoms with E-state index in [0.29, 0.717) is 5.75 Å². The first-order valence-electron chi connectivity index (χ1n) is 4.86. The second-order valence-electron chi connectivity index (χ2n) is 3.06. The zero-order valence-corrected chi connectivity index (χ0v) is 11.2. The van der Waals surface area contributed by atoms with Crippen LogP contribution in [0.4, 0.5) is 0 Å². The molecule has 1 unspecified atom stereocenters. The maximum atomic E-state index is 9.86. The van der Waals surface area contributed by atoms with Crippen molar-refractivity contribution in [2.45, 2.75) is 19.8 Å². The molecule has 0 bridgehead atoms. The van der Waals surface area contributed by atoms with Gasteiger partial charge in [-0.25, -0.2) is 0 Å². The van der Waals surface area contributed by atoms with Crippen LogP contribution in [0.2, 0.25) is 0 Å². The molecule has 84 valence electrons. The molecule has 2 nitrogen and oxygen atoms in total. The predicted octanol–water partition coefficient (Wildman–Crippen LogP) is 3.82. The summed E-state index contributed by atoms with van der Waals surface area (Å²) in [6.07, 6.45) is 2.16. The Morgan fingerprint density at radius 2 is 2.07 bits per heavy atom. The second kappa shape index (κ2) is 6.54. The molecule has 0 amide bonds. The van der Waals surface area contributed by atoms with Crippen molar-refractivity contribution in [2.24, 2.45) is 0 Å². The zero-order valence-electron chi connectivity index (χ0n) is 8.63. The van der Waals surface area contributed by atoms with Gasteiger partial charge >= 0.3 is 0 Å². The van der Waals surface area contributed by atoms with E-state index in [1.807, 2.05) is 18.2 Å². The van der Waals surface area contributed by atoms with Crippen LogP contribution in [-0.4, -0.2) is 10.6 Å². The van der Waals surface area contributed by atoms with Crippen molar-refractivity contribution < 1.29 is 9.42 Å². The van der Waals surface area contributed by atoms with Gasteiger partial charge in [0.05, 0.1) is 0 Å². The molecule has 5 heteroatoms. The fourth-order valence-electron chi connectivity index (χ4n) is 0.965. The van der Waals surface area contributed by atoms with E-state index >= 15 is 0 Å². The molecule has 0 aliphatic rings. The minimum atomic E-state index is -2.69. The Bertz CT molecular complexity index is 329. The van der Waals surface area contributed by atoms with Crippen molar-refractivity contribution in [3.05, 3.63) is 30.3 Å². The molecule has 0 aromatic heterocycles. The van der Waals surface area contributed by atoms with Crippen molar-refractivity contribution in [2.75, 3.05) is 5.75 Å². The van der Waals surface area contributed by atoms with Crippen molar-refractivity contribution in [1.29, 1.82) is 0 Å². The van der Waals surface area contributed by atoms with Crippen molar-refractivity contribution in [3.8, 4) is 5.75 Å². The Morgan fingerprint density at radius 3 is 2.67 bits per heavy atom. The van der Waals surface area contributed by atoms with Crippen LogP contribution in [0.3, 0.4) is 0 Å². The van der Waals surface area contributed by atoms with Gasteiger partial charge in [0.25, 0.3) is 5.69 Å². The average Bonchev–Trinajstić information content (AvgIpc) is 2.18. The molecule has 1 atom stereocenters. The lowest BCUT2D eigenvalue weighted by Crippen LogP contribution is -1.89. The summed E-state index contributed by atoms with van der Waals surface area (Å²) in [5.41, 5.74) is -2.69. The highest BCUT2D eigenvalue weighted by atomic mass is 32.9. The summed E-state index contributed by atoms with van der Waals surface area (Å²) in [6.45, 7) is 2.11. The van der Waals surface area contributed by atoms with Crippen LogP contribution < -0.4 is 4.52 Å². The largest absolute Gasteiger partial charge is 0.436 e. The van der Waals surface area contributed by atoms with E-state index in [1.54, 1.807) is 12.1 Å². The molecule has 1 N–H and O–H groups in total. The smallest absolute Gasteiger partial charge is 0.294 e. The molecule has 0 heterocycles. The lowest BCUT2D eigenvalue weighted by atomic mass is 10.3. The molecular weight excluding hydrogens is 247 g/mol. The molecule has 0 spiro atoms. The molecule has 15 heavy (non-hydrogen) atoms. The van der Waals surface area contributed by atoms with Gasteiger partial charge in [-0.15, -0.1) is 0 Å². The maximum absolute atomic E-state index is 9.86. The first kappa shape index (κ1) is 13.0. The zero-order chi connectivity index (χ0) is 11.1. The molecule has 1 aromatic carbocycles. The van der Waals surface area contributed by atoms with Crippen LogP contribution in [0.1, 0.15) is 19.8 Å². The third-order valence-corrected chi connectivity index (χ3v) is 5.88. The number of hydrogen-bond acceptors (Lipinski definition) is 3. The molecule has 0 aliphatic carbocycles. The summed E-state index contributed by atoms with van der Waals surface area (Å²) in [7, 11) is 0. The normalized spacial score (nSPS) is 14.5. The second-order valence-corrected chi connectivity index (χ2v) is 9.28. The number of rotatable bonds is 6. The minimum Gasteiger partial charge on any atom is -0.436 e. The molecular formula is C10H15O2PS2. The van der Waals surface area contributed by atoms with Crippen LogP contribution in [0.15, 0.2) is 30.3 Å². The van der Waals surface area contributed by atoms with Crippen LogP contribution in [-0.2, 0) is 11.8 Å². The maximum Gasteiger partial charge on any atom is 0.294 e. The Labute approximate surface area is 100.0 Å². The fourth-order valence-corrected chi connectivity index (χ4v) is 4.48. The van der Waals surface area contributed by atoms with Gasteiger partial charge in [0.2, 0.25) is 0 Å². The Hall–Kier alpha value is -0.0200. The predicted molar refractivity (Wildman–Crippen MR) is 70.9 cm³/mol. The van der Waals surface area contributed by atoms with Gasteiger partial charge in [-0.3, -0.25) is 0 Å². The van der Waals surface area contributed by atoms with Crippen LogP contribution >= 0.6 is 17.1 Å². The standard InChI is InChI=1S/C10H15O2PS2/c1-2-3-9-15-13(11,14)12-10-7-5-4-6-8-10/h4-8H,2-3,9H2,1H3,(H,11,14). The van der Waals surface area contributed by atoms with Crippen LogP contribution in [0, 0.1) is 0 Å². The van der Waals surface area contributed by atoms with E-state index in [2.05, 4.69) is 6.92 Å². The highest BCUT2D eigenvalue weighted by molar-refractivity contribution is 8.67. The van der Waals surface area contributed by atoms with E-state index < -0.39 is 5.69 Å². The van der Waals surface area contributed by atoms with Crippen molar-refractivity contribution in [1.82, 2.24) is 0 Å². The van der Waals surface area contributed by atoms with E-state index in [-0.39, 0.29) is 0 Å². The Balaban J connectivity index is 2.46. The monoisotopic (exact) mass is 262 g/mol. The average molecular weight is 262 g/mol. The van der Waals surface area contributed by atoms with Gasteiger partial charge in [-0.1, -0.05) is 42.9 Å². The highest BCUT2D eigenvalue weighted by Gasteiger charge is 2.15. The van der Waals surface area contributed by atoms with Gasteiger partial charge in [0.1, 0.15) is 5.75 Å². The van der Waals surface area contributed by atoms with Crippen LogP contribution in [0.5, 0.6) is 5.75 Å². The van der Waals surface area contributed by atoms with E-state index in [9.17, 15) is 4.89 Å². The summed E-state index contributed by atoms with van der Waals surface area (Å²) in [5, 5.41) is 0. The number of unbranched alkanes of at least 4 members (excludes halogenated alkanes) is 1. The van der Waals surface area contributed by atoms with Gasteiger partial charge in [0, 0.05) is 5.75 Å². The first-order chi connectivity index (χ1) is 7.14. The molecule has 0 aliphatic heterocycles. The number of benzene rings is 1. The van der Waals surface area contributed by atoms with E-state index in [1.165, 1.54) is 11.4 Å². The summed E-state index contributed by atoms with van der Waals surface area (Å²) >= 11 is 6.40. The summed E-state index contributed by atoms with van der Waals surface area (Å²) in [6, 6.07) is 9.23. The van der Waals surface area contributed by atoms with Crippen LogP contribution in [0.25, 0.3) is 0 Å². The van der Waals surface area contributed by atoms with E-state index in [0.717, 1.165) is 18.6 Å². The highest BCUT2D eigenvalue weighted by Crippen LogP contribution is 2.55. The Kier molecular flexibility index (Phi) is 5.69. The summed E-state index contributed by atoms with van der Waals surface area (Å²) in [5.74, 6) is 1.50. The van der Waals surface area contributed by atoms with Crippen molar-refractivity contribution >= 4 is 28.9 Å². The van der Waals surface area contributed by atoms with Gasteiger partial charge in [-0.2, -0.15) is 0 Å². The third kappa shape index (κ3) is 5.57. The molecule has 0 fully saturated rings. The van der Waals surface area contributed by atoms with Gasteiger partial charge in [-0.05, 0) is 30.4 Å². The van der Waals surface area contributed by atoms with Crippen molar-refractivity contribution in [3.63, 3.8) is 0 Å². The number of para-hydroxylation sites is 1. The van der Waals surface area contributed by atoms with Gasteiger partial charge < -0.3 is 9.42 Å². The molecule has 0 saturated heterocycles. The minimum absolute atomic E-state index is 0.646. The topological polar surface area (TPSA) is 29.5 Å². The van der Waals surface area contributed by atoms with E-state index in [4.69, 9.17) is 16.3 Å². The lowest BCUT2D eigenvalue weighted by molar-refractivity contribution is 0.504. The fraction of sp³-hybridized carbons (Fsp3) is 0.400. The molecule has 0 radical (unpaired) electrons. The molecule has 1 aromatic rings. The molecule has 1 rings (SSSR count).